The lowest BCUT2D eigenvalue weighted by Crippen LogP contribution is -2.06. The molecule has 0 fully saturated rings. The summed E-state index contributed by atoms with van der Waals surface area (Å²) in [4.78, 5) is 8.57. The monoisotopic (exact) mass is 285 g/mol. The first-order valence-corrected chi connectivity index (χ1v) is 6.41. The molecule has 102 valence electrons. The molecule has 0 unspecified atom stereocenters. The lowest BCUT2D eigenvalue weighted by atomic mass is 10.1. The van der Waals surface area contributed by atoms with Gasteiger partial charge in [0.2, 0.25) is 0 Å². The van der Waals surface area contributed by atoms with Crippen LogP contribution in [-0.2, 0) is 6.42 Å². The molecule has 1 N–H and O–H groups in total. The van der Waals surface area contributed by atoms with Crippen LogP contribution in [0.15, 0.2) is 60.9 Å². The molecule has 3 rings (SSSR count). The minimum atomic E-state index is 0. The number of fused-ring (bicyclic) bond motifs is 1. The largest absolute Gasteiger partial charge is 0.369 e. The zero-order valence-corrected chi connectivity index (χ0v) is 11.8. The molecule has 0 aliphatic heterocycles. The molecule has 1 heterocycles. The molecule has 4 heteroatoms. The second-order valence-electron chi connectivity index (χ2n) is 4.40. The van der Waals surface area contributed by atoms with Crippen LogP contribution in [0.2, 0.25) is 0 Å². The molecule has 0 spiro atoms. The Morgan fingerprint density at radius 1 is 0.850 bits per heavy atom. The van der Waals surface area contributed by atoms with E-state index in [1.54, 1.807) is 6.33 Å². The first kappa shape index (κ1) is 14.3. The summed E-state index contributed by atoms with van der Waals surface area (Å²) in [7, 11) is 0. The average molecular weight is 286 g/mol. The van der Waals surface area contributed by atoms with Gasteiger partial charge in [0.1, 0.15) is 12.1 Å². The summed E-state index contributed by atoms with van der Waals surface area (Å²) in [6.07, 6.45) is 2.59. The van der Waals surface area contributed by atoms with Crippen molar-refractivity contribution in [3.8, 4) is 0 Å². The lowest BCUT2D eigenvalue weighted by molar-refractivity contribution is 1.01. The topological polar surface area (TPSA) is 37.8 Å². The summed E-state index contributed by atoms with van der Waals surface area (Å²) in [5.41, 5.74) is 2.30. The predicted octanol–water partition coefficient (Wildman–Crippen LogP) is 3.71. The number of aromatic nitrogens is 2. The van der Waals surface area contributed by atoms with Gasteiger partial charge in [-0.1, -0.05) is 42.5 Å². The summed E-state index contributed by atoms with van der Waals surface area (Å²) in [6.45, 7) is 0.866. The van der Waals surface area contributed by atoms with Gasteiger partial charge >= 0.3 is 0 Å². The Balaban J connectivity index is 0.00000147. The van der Waals surface area contributed by atoms with Crippen LogP contribution in [0.1, 0.15) is 5.56 Å². The highest BCUT2D eigenvalue weighted by molar-refractivity contribution is 5.88. The molecule has 0 atom stereocenters. The zero-order valence-electron chi connectivity index (χ0n) is 11.0. The summed E-state index contributed by atoms with van der Waals surface area (Å²) in [5, 5.41) is 4.45. The number of hydrogen-bond acceptors (Lipinski definition) is 3. The Morgan fingerprint density at radius 2 is 1.60 bits per heavy atom. The van der Waals surface area contributed by atoms with Crippen molar-refractivity contribution < 1.29 is 0 Å². The number of nitrogens with zero attached hydrogens (tertiary/aromatic N) is 2. The Hall–Kier alpha value is -2.13. The fourth-order valence-corrected chi connectivity index (χ4v) is 2.12. The smallest absolute Gasteiger partial charge is 0.137 e. The molecule has 3 aromatic rings. The van der Waals surface area contributed by atoms with Crippen LogP contribution in [0.4, 0.5) is 5.82 Å². The minimum Gasteiger partial charge on any atom is -0.369 e. The normalized spacial score (nSPS) is 10.0. The summed E-state index contributed by atoms with van der Waals surface area (Å²) < 4.78 is 0. The number of halogens is 1. The highest BCUT2D eigenvalue weighted by atomic mass is 35.5. The number of rotatable bonds is 4. The van der Waals surface area contributed by atoms with Crippen LogP contribution < -0.4 is 5.32 Å². The van der Waals surface area contributed by atoms with Crippen LogP contribution in [-0.4, -0.2) is 16.5 Å². The Kier molecular flexibility index (Phi) is 4.91. The van der Waals surface area contributed by atoms with Gasteiger partial charge in [-0.2, -0.15) is 0 Å². The summed E-state index contributed by atoms with van der Waals surface area (Å²) >= 11 is 0. The van der Waals surface area contributed by atoms with Crippen molar-refractivity contribution in [2.24, 2.45) is 0 Å². The van der Waals surface area contributed by atoms with Crippen molar-refractivity contribution in [3.63, 3.8) is 0 Å². The molecule has 20 heavy (non-hydrogen) atoms. The minimum absolute atomic E-state index is 0. The van der Waals surface area contributed by atoms with Gasteiger partial charge in [-0.15, -0.1) is 12.4 Å². The van der Waals surface area contributed by atoms with Gasteiger partial charge in [-0.3, -0.25) is 0 Å². The van der Waals surface area contributed by atoms with E-state index in [1.807, 2.05) is 30.3 Å². The first-order chi connectivity index (χ1) is 9.43. The van der Waals surface area contributed by atoms with E-state index in [0.29, 0.717) is 0 Å². The molecule has 2 aromatic carbocycles. The summed E-state index contributed by atoms with van der Waals surface area (Å²) in [5.74, 6) is 0.904. The van der Waals surface area contributed by atoms with Gasteiger partial charge < -0.3 is 5.32 Å². The van der Waals surface area contributed by atoms with Gasteiger partial charge in [0, 0.05) is 11.9 Å². The van der Waals surface area contributed by atoms with E-state index in [4.69, 9.17) is 0 Å². The van der Waals surface area contributed by atoms with E-state index in [0.717, 1.165) is 29.7 Å². The Morgan fingerprint density at radius 3 is 2.45 bits per heavy atom. The average Bonchev–Trinajstić information content (AvgIpc) is 2.49. The molecule has 0 radical (unpaired) electrons. The highest BCUT2D eigenvalue weighted by Gasteiger charge is 2.01. The lowest BCUT2D eigenvalue weighted by Gasteiger charge is -2.08. The molecule has 1 aromatic heterocycles. The van der Waals surface area contributed by atoms with Crippen LogP contribution >= 0.6 is 12.4 Å². The van der Waals surface area contributed by atoms with Gasteiger partial charge in [-0.25, -0.2) is 9.97 Å². The third-order valence-corrected chi connectivity index (χ3v) is 3.09. The molecule has 0 saturated carbocycles. The molecule has 3 nitrogen and oxygen atoms in total. The van der Waals surface area contributed by atoms with Gasteiger partial charge in [0.25, 0.3) is 0 Å². The fraction of sp³-hybridized carbons (Fsp3) is 0.125. The Labute approximate surface area is 124 Å². The van der Waals surface area contributed by atoms with Crippen molar-refractivity contribution in [3.05, 3.63) is 66.5 Å². The number of anilines is 1. The van der Waals surface area contributed by atoms with Gasteiger partial charge in [-0.05, 0) is 24.1 Å². The van der Waals surface area contributed by atoms with E-state index in [9.17, 15) is 0 Å². The van der Waals surface area contributed by atoms with Crippen molar-refractivity contribution in [1.82, 2.24) is 9.97 Å². The van der Waals surface area contributed by atoms with E-state index >= 15 is 0 Å². The maximum Gasteiger partial charge on any atom is 0.137 e. The standard InChI is InChI=1S/C16H15N3.ClH/c1-2-6-13(7-3-1)10-11-17-16-14-8-4-5-9-15(14)18-12-19-16;/h1-9,12H,10-11H2,(H,17,18,19);1H. The predicted molar refractivity (Wildman–Crippen MR) is 85.4 cm³/mol. The van der Waals surface area contributed by atoms with Gasteiger partial charge in [0.05, 0.1) is 5.52 Å². The third kappa shape index (κ3) is 3.25. The van der Waals surface area contributed by atoms with Crippen LogP contribution in [0.25, 0.3) is 10.9 Å². The van der Waals surface area contributed by atoms with E-state index in [1.165, 1.54) is 5.56 Å². The second-order valence-corrected chi connectivity index (χ2v) is 4.40. The highest BCUT2D eigenvalue weighted by Crippen LogP contribution is 2.18. The number of para-hydroxylation sites is 1. The van der Waals surface area contributed by atoms with Crippen LogP contribution in [0.5, 0.6) is 0 Å². The number of hydrogen-bond donors (Lipinski definition) is 1. The van der Waals surface area contributed by atoms with Crippen LogP contribution in [0, 0.1) is 0 Å². The molecule has 0 bridgehead atoms. The first-order valence-electron chi connectivity index (χ1n) is 6.41. The maximum absolute atomic E-state index is 4.32. The van der Waals surface area contributed by atoms with E-state index in [-0.39, 0.29) is 12.4 Å². The maximum atomic E-state index is 4.32. The third-order valence-electron chi connectivity index (χ3n) is 3.09. The number of benzene rings is 2. The Bertz CT molecular complexity index is 665. The quantitative estimate of drug-likeness (QED) is 0.794. The van der Waals surface area contributed by atoms with Gasteiger partial charge in [0.15, 0.2) is 0 Å². The SMILES string of the molecule is Cl.c1ccc(CCNc2ncnc3ccccc23)cc1. The molecule has 0 aliphatic carbocycles. The summed E-state index contributed by atoms with van der Waals surface area (Å²) in [6, 6.07) is 18.5. The van der Waals surface area contributed by atoms with Crippen molar-refractivity contribution >= 4 is 29.1 Å². The fourth-order valence-electron chi connectivity index (χ4n) is 2.12. The molecule has 0 aliphatic rings. The second kappa shape index (κ2) is 6.87. The zero-order chi connectivity index (χ0) is 12.9. The molecular formula is C16H16ClN3. The van der Waals surface area contributed by atoms with E-state index < -0.39 is 0 Å². The molecule has 0 saturated heterocycles. The van der Waals surface area contributed by atoms with Crippen molar-refractivity contribution in [2.75, 3.05) is 11.9 Å². The van der Waals surface area contributed by atoms with E-state index in [2.05, 4.69) is 39.6 Å². The molecule has 0 amide bonds. The molecular weight excluding hydrogens is 270 g/mol. The number of nitrogens with one attached hydrogen (secondary N) is 1. The van der Waals surface area contributed by atoms with Crippen molar-refractivity contribution in [2.45, 2.75) is 6.42 Å². The van der Waals surface area contributed by atoms with Crippen LogP contribution in [0.3, 0.4) is 0 Å². The van der Waals surface area contributed by atoms with Crippen molar-refractivity contribution in [1.29, 1.82) is 0 Å².